The molecule has 0 aliphatic rings. The quantitative estimate of drug-likeness (QED) is 0.493. The van der Waals surface area contributed by atoms with Gasteiger partial charge in [0.25, 0.3) is 11.8 Å². The zero-order chi connectivity index (χ0) is 18.8. The van der Waals surface area contributed by atoms with Crippen molar-refractivity contribution in [1.29, 1.82) is 0 Å². The van der Waals surface area contributed by atoms with Gasteiger partial charge in [-0.15, -0.1) is 10.2 Å². The number of furan rings is 1. The molecule has 0 aliphatic heterocycles. The summed E-state index contributed by atoms with van der Waals surface area (Å²) in [6, 6.07) is 11.0. The van der Waals surface area contributed by atoms with Crippen LogP contribution in [0.3, 0.4) is 0 Å². The van der Waals surface area contributed by atoms with Crippen molar-refractivity contribution >= 4 is 16.9 Å². The molecule has 4 rings (SSSR count). The summed E-state index contributed by atoms with van der Waals surface area (Å²) in [5, 5.41) is 8.55. The van der Waals surface area contributed by atoms with Crippen LogP contribution in [0.15, 0.2) is 51.5 Å². The number of carbonyl (C=O) groups is 1. The van der Waals surface area contributed by atoms with E-state index < -0.39 is 5.97 Å². The predicted octanol–water partition coefficient (Wildman–Crippen LogP) is 4.11. The first-order valence-electron chi connectivity index (χ1n) is 8.59. The number of hydrogen-bond donors (Lipinski definition) is 0. The van der Waals surface area contributed by atoms with Crippen molar-refractivity contribution < 1.29 is 18.4 Å². The first-order valence-corrected chi connectivity index (χ1v) is 8.59. The summed E-state index contributed by atoms with van der Waals surface area (Å²) in [4.78, 5) is 17.4. The molecular formula is C20H17N3O4. The fraction of sp³-hybridized carbons (Fsp3) is 0.200. The third-order valence-corrected chi connectivity index (χ3v) is 4.30. The normalized spacial score (nSPS) is 11.0. The lowest BCUT2D eigenvalue weighted by Gasteiger charge is -2.12. The van der Waals surface area contributed by atoms with Crippen molar-refractivity contribution in [3.8, 4) is 11.7 Å². The Balaban J connectivity index is 1.59. The molecule has 0 amide bonds. The molecule has 0 fully saturated rings. The van der Waals surface area contributed by atoms with E-state index >= 15 is 0 Å². The SMILES string of the molecule is CCc1nc2ccccc2c(C(=O)OCc2nnc(-c3ccco3)o2)c1C. The lowest BCUT2D eigenvalue weighted by atomic mass is 10.0. The van der Waals surface area contributed by atoms with Crippen LogP contribution in [0.25, 0.3) is 22.6 Å². The molecule has 0 saturated carbocycles. The van der Waals surface area contributed by atoms with Crippen molar-refractivity contribution in [2.24, 2.45) is 0 Å². The van der Waals surface area contributed by atoms with Crippen LogP contribution in [-0.4, -0.2) is 21.2 Å². The average Bonchev–Trinajstić information content (AvgIpc) is 3.37. The molecule has 0 unspecified atom stereocenters. The van der Waals surface area contributed by atoms with Gasteiger partial charge in [-0.2, -0.15) is 0 Å². The molecule has 0 saturated heterocycles. The van der Waals surface area contributed by atoms with Crippen molar-refractivity contribution in [2.45, 2.75) is 26.9 Å². The minimum atomic E-state index is -0.446. The number of aryl methyl sites for hydroxylation is 1. The Bertz CT molecular complexity index is 1100. The highest BCUT2D eigenvalue weighted by atomic mass is 16.5. The lowest BCUT2D eigenvalue weighted by molar-refractivity contribution is 0.0440. The Kier molecular flexibility index (Phi) is 4.42. The maximum absolute atomic E-state index is 12.8. The molecular weight excluding hydrogens is 346 g/mol. The van der Waals surface area contributed by atoms with E-state index in [1.54, 1.807) is 12.1 Å². The summed E-state index contributed by atoms with van der Waals surface area (Å²) >= 11 is 0. The van der Waals surface area contributed by atoms with Crippen LogP contribution in [0.2, 0.25) is 0 Å². The molecule has 0 radical (unpaired) electrons. The smallest absolute Gasteiger partial charge is 0.339 e. The molecule has 1 aromatic carbocycles. The number of para-hydroxylation sites is 1. The van der Waals surface area contributed by atoms with Crippen molar-refractivity contribution in [2.75, 3.05) is 0 Å². The zero-order valence-corrected chi connectivity index (χ0v) is 14.9. The second-order valence-electron chi connectivity index (χ2n) is 5.98. The topological polar surface area (TPSA) is 91.2 Å². The van der Waals surface area contributed by atoms with Crippen LogP contribution in [-0.2, 0) is 17.8 Å². The summed E-state index contributed by atoms with van der Waals surface area (Å²) in [7, 11) is 0. The summed E-state index contributed by atoms with van der Waals surface area (Å²) in [5.74, 6) is 0.452. The van der Waals surface area contributed by atoms with Gasteiger partial charge in [0.2, 0.25) is 0 Å². The van der Waals surface area contributed by atoms with E-state index in [0.717, 1.165) is 28.6 Å². The van der Waals surface area contributed by atoms with Crippen molar-refractivity contribution in [3.63, 3.8) is 0 Å². The van der Waals surface area contributed by atoms with E-state index in [4.69, 9.17) is 13.6 Å². The Morgan fingerprint density at radius 2 is 2.00 bits per heavy atom. The maximum Gasteiger partial charge on any atom is 0.339 e. The maximum atomic E-state index is 12.8. The lowest BCUT2D eigenvalue weighted by Crippen LogP contribution is -2.11. The van der Waals surface area contributed by atoms with E-state index in [-0.39, 0.29) is 18.4 Å². The third kappa shape index (κ3) is 3.19. The highest BCUT2D eigenvalue weighted by Crippen LogP contribution is 2.25. The Labute approximate surface area is 155 Å². The van der Waals surface area contributed by atoms with Gasteiger partial charge >= 0.3 is 5.97 Å². The van der Waals surface area contributed by atoms with Gasteiger partial charge in [0.05, 0.1) is 17.3 Å². The molecule has 0 atom stereocenters. The minimum absolute atomic E-state index is 0.121. The number of carbonyl (C=O) groups excluding carboxylic acids is 1. The van der Waals surface area contributed by atoms with Crippen LogP contribution >= 0.6 is 0 Å². The second-order valence-corrected chi connectivity index (χ2v) is 5.98. The summed E-state index contributed by atoms with van der Waals surface area (Å²) < 4.78 is 16.1. The first kappa shape index (κ1) is 17.0. The van der Waals surface area contributed by atoms with Gasteiger partial charge in [0.15, 0.2) is 12.4 Å². The number of benzene rings is 1. The van der Waals surface area contributed by atoms with E-state index in [2.05, 4.69) is 15.2 Å². The van der Waals surface area contributed by atoms with Crippen LogP contribution in [0.5, 0.6) is 0 Å². The largest absolute Gasteiger partial charge is 0.459 e. The minimum Gasteiger partial charge on any atom is -0.459 e. The van der Waals surface area contributed by atoms with Crippen LogP contribution in [0, 0.1) is 6.92 Å². The number of ether oxygens (including phenoxy) is 1. The van der Waals surface area contributed by atoms with Gasteiger partial charge in [-0.1, -0.05) is 25.1 Å². The van der Waals surface area contributed by atoms with Gasteiger partial charge in [-0.3, -0.25) is 4.98 Å². The molecule has 7 heteroatoms. The number of hydrogen-bond acceptors (Lipinski definition) is 7. The fourth-order valence-electron chi connectivity index (χ4n) is 2.98. The number of aromatic nitrogens is 3. The van der Waals surface area contributed by atoms with Gasteiger partial charge in [-0.05, 0) is 37.1 Å². The van der Waals surface area contributed by atoms with Crippen LogP contribution in [0.1, 0.15) is 34.4 Å². The third-order valence-electron chi connectivity index (χ3n) is 4.30. The number of rotatable bonds is 5. The molecule has 3 heterocycles. The fourth-order valence-corrected chi connectivity index (χ4v) is 2.98. The van der Waals surface area contributed by atoms with Gasteiger partial charge < -0.3 is 13.6 Å². The Morgan fingerprint density at radius 1 is 1.15 bits per heavy atom. The van der Waals surface area contributed by atoms with Gasteiger partial charge in [0, 0.05) is 11.1 Å². The van der Waals surface area contributed by atoms with Gasteiger partial charge in [0.1, 0.15) is 0 Å². The summed E-state index contributed by atoms with van der Waals surface area (Å²) in [6.07, 6.45) is 2.25. The van der Waals surface area contributed by atoms with Crippen LogP contribution in [0.4, 0.5) is 0 Å². The average molecular weight is 363 g/mol. The number of nitrogens with zero attached hydrogens (tertiary/aromatic N) is 3. The predicted molar refractivity (Wildman–Crippen MR) is 97.0 cm³/mol. The number of pyridine rings is 1. The summed E-state index contributed by atoms with van der Waals surface area (Å²) in [6.45, 7) is 3.77. The second kappa shape index (κ2) is 7.03. The molecule has 3 aromatic heterocycles. The van der Waals surface area contributed by atoms with E-state index in [1.165, 1.54) is 6.26 Å². The number of esters is 1. The standard InChI is InChI=1S/C20H17N3O4/c1-3-14-12(2)18(13-7-4-5-8-15(13)21-14)20(24)26-11-17-22-23-19(27-17)16-9-6-10-25-16/h4-10H,3,11H2,1-2H3. The molecule has 7 nitrogen and oxygen atoms in total. The Morgan fingerprint density at radius 3 is 2.78 bits per heavy atom. The molecule has 0 bridgehead atoms. The van der Waals surface area contributed by atoms with Crippen LogP contribution < -0.4 is 0 Å². The molecule has 27 heavy (non-hydrogen) atoms. The molecule has 4 aromatic rings. The van der Waals surface area contributed by atoms with Crippen molar-refractivity contribution in [1.82, 2.24) is 15.2 Å². The van der Waals surface area contributed by atoms with Crippen molar-refractivity contribution in [3.05, 3.63) is 65.4 Å². The molecule has 0 aliphatic carbocycles. The first-order chi connectivity index (χ1) is 13.2. The Hall–Kier alpha value is -3.48. The van der Waals surface area contributed by atoms with E-state index in [9.17, 15) is 4.79 Å². The number of fused-ring (bicyclic) bond motifs is 1. The van der Waals surface area contributed by atoms with E-state index in [0.29, 0.717) is 11.3 Å². The highest BCUT2D eigenvalue weighted by Gasteiger charge is 2.20. The van der Waals surface area contributed by atoms with Gasteiger partial charge in [-0.25, -0.2) is 4.79 Å². The molecule has 0 spiro atoms. The monoisotopic (exact) mass is 363 g/mol. The zero-order valence-electron chi connectivity index (χ0n) is 14.9. The van der Waals surface area contributed by atoms with E-state index in [1.807, 2.05) is 38.1 Å². The highest BCUT2D eigenvalue weighted by molar-refractivity contribution is 6.04. The molecule has 0 N–H and O–H groups in total. The summed E-state index contributed by atoms with van der Waals surface area (Å²) in [5.41, 5.74) is 2.98. The molecule has 136 valence electrons.